The van der Waals surface area contributed by atoms with Crippen molar-refractivity contribution in [3.8, 4) is 0 Å². The number of hydrogen-bond acceptors (Lipinski definition) is 4. The smallest absolute Gasteiger partial charge is 0.266 e. The Morgan fingerprint density at radius 3 is 2.74 bits per heavy atom. The van der Waals surface area contributed by atoms with Crippen molar-refractivity contribution in [2.75, 3.05) is 0 Å². The van der Waals surface area contributed by atoms with Gasteiger partial charge >= 0.3 is 0 Å². The van der Waals surface area contributed by atoms with Crippen molar-refractivity contribution in [1.82, 2.24) is 14.5 Å². The molecule has 2 aromatic rings. The number of hydrogen-bond donors (Lipinski definition) is 1. The molecular weight excluding hydrogens is 328 g/mol. The zero-order valence-corrected chi connectivity index (χ0v) is 12.8. The molecule has 1 aromatic heterocycles. The minimum absolute atomic E-state index is 0.100. The van der Waals surface area contributed by atoms with Gasteiger partial charge in [-0.1, -0.05) is 0 Å². The molecule has 122 valence electrons. The number of nitrogens with zero attached hydrogens (tertiary/aromatic N) is 2. The molecule has 2 atom stereocenters. The van der Waals surface area contributed by atoms with Crippen LogP contribution in [-0.2, 0) is 21.9 Å². The van der Waals surface area contributed by atoms with Gasteiger partial charge in [0.2, 0.25) is 5.91 Å². The fraction of sp³-hybridized carbons (Fsp3) is 0.286. The number of benzene rings is 1. The fourth-order valence-electron chi connectivity index (χ4n) is 2.44. The number of aromatic nitrogens is 2. The highest BCUT2D eigenvalue weighted by Gasteiger charge is 2.46. The van der Waals surface area contributed by atoms with E-state index in [9.17, 15) is 22.0 Å². The summed E-state index contributed by atoms with van der Waals surface area (Å²) in [6.45, 7) is 0. The summed E-state index contributed by atoms with van der Waals surface area (Å²) in [7, 11) is -2.64. The van der Waals surface area contributed by atoms with Crippen molar-refractivity contribution in [3.63, 3.8) is 0 Å². The number of aryl methyl sites for hydroxylation is 1. The van der Waals surface area contributed by atoms with E-state index >= 15 is 0 Å². The molecule has 0 unspecified atom stereocenters. The molecule has 1 fully saturated rings. The number of halogens is 2. The maximum Gasteiger partial charge on any atom is 0.266 e. The van der Waals surface area contributed by atoms with Crippen LogP contribution < -0.4 is 4.72 Å². The SMILES string of the molecule is Cn1cc([C@@H]2C[C@H]2C(=O)NS(=O)(=O)c2ccc(F)cc2F)cn1. The summed E-state index contributed by atoms with van der Waals surface area (Å²) < 4.78 is 53.9. The van der Waals surface area contributed by atoms with Crippen LogP contribution in [0.2, 0.25) is 0 Å². The van der Waals surface area contributed by atoms with Crippen molar-refractivity contribution >= 4 is 15.9 Å². The number of carbonyl (C=O) groups is 1. The standard InChI is InChI=1S/C14H13F2N3O3S/c1-19-7-8(6-17-19)10-5-11(10)14(20)18-23(21,22)13-3-2-9(15)4-12(13)16/h2-4,6-7,10-11H,5H2,1H3,(H,18,20)/t10-,11+/m0/s1. The van der Waals surface area contributed by atoms with Gasteiger partial charge in [-0.05, 0) is 30.0 Å². The summed E-state index contributed by atoms with van der Waals surface area (Å²) in [4.78, 5) is 11.3. The van der Waals surface area contributed by atoms with Gasteiger partial charge in [-0.15, -0.1) is 0 Å². The van der Waals surface area contributed by atoms with Gasteiger partial charge in [0.15, 0.2) is 0 Å². The molecule has 1 aliphatic rings. The van der Waals surface area contributed by atoms with E-state index in [0.717, 1.165) is 17.7 Å². The van der Waals surface area contributed by atoms with E-state index in [2.05, 4.69) is 5.10 Å². The first-order valence-corrected chi connectivity index (χ1v) is 8.26. The van der Waals surface area contributed by atoms with Crippen LogP contribution in [0, 0.1) is 17.6 Å². The fourth-order valence-corrected chi connectivity index (χ4v) is 3.53. The predicted molar refractivity (Wildman–Crippen MR) is 75.7 cm³/mol. The van der Waals surface area contributed by atoms with E-state index in [1.807, 2.05) is 4.72 Å². The molecule has 1 saturated carbocycles. The van der Waals surface area contributed by atoms with E-state index in [1.165, 1.54) is 0 Å². The highest BCUT2D eigenvalue weighted by atomic mass is 32.2. The summed E-state index contributed by atoms with van der Waals surface area (Å²) >= 11 is 0. The van der Waals surface area contributed by atoms with Gasteiger partial charge in [-0.2, -0.15) is 5.10 Å². The Balaban J connectivity index is 1.73. The summed E-state index contributed by atoms with van der Waals surface area (Å²) in [5.74, 6) is -3.45. The average Bonchev–Trinajstić information content (AvgIpc) is 3.13. The monoisotopic (exact) mass is 341 g/mol. The summed E-state index contributed by atoms with van der Waals surface area (Å²) in [5, 5.41) is 4.00. The highest BCUT2D eigenvalue weighted by molar-refractivity contribution is 7.90. The van der Waals surface area contributed by atoms with Crippen molar-refractivity contribution < 1.29 is 22.0 Å². The third-order valence-electron chi connectivity index (χ3n) is 3.70. The predicted octanol–water partition coefficient (Wildman–Crippen LogP) is 1.31. The lowest BCUT2D eigenvalue weighted by Gasteiger charge is -2.07. The molecular formula is C14H13F2N3O3S. The Morgan fingerprint density at radius 1 is 1.39 bits per heavy atom. The normalized spacial score (nSPS) is 20.3. The molecule has 1 aromatic carbocycles. The molecule has 1 heterocycles. The lowest BCUT2D eigenvalue weighted by Crippen LogP contribution is -2.32. The molecule has 1 amide bonds. The van der Waals surface area contributed by atoms with Crippen molar-refractivity contribution in [2.45, 2.75) is 17.2 Å². The van der Waals surface area contributed by atoms with E-state index < -0.39 is 38.4 Å². The molecule has 6 nitrogen and oxygen atoms in total. The van der Waals surface area contributed by atoms with Gasteiger partial charge in [0.05, 0.1) is 6.20 Å². The second-order valence-corrected chi connectivity index (χ2v) is 7.09. The van der Waals surface area contributed by atoms with Gasteiger partial charge < -0.3 is 0 Å². The first kappa shape index (κ1) is 15.6. The van der Waals surface area contributed by atoms with Gasteiger partial charge in [0.25, 0.3) is 10.0 Å². The van der Waals surface area contributed by atoms with Crippen LogP contribution in [0.3, 0.4) is 0 Å². The van der Waals surface area contributed by atoms with Crippen molar-refractivity contribution in [2.24, 2.45) is 13.0 Å². The van der Waals surface area contributed by atoms with Crippen molar-refractivity contribution in [3.05, 3.63) is 47.8 Å². The Morgan fingerprint density at radius 2 is 2.13 bits per heavy atom. The van der Waals surface area contributed by atoms with E-state index in [4.69, 9.17) is 0 Å². The average molecular weight is 341 g/mol. The van der Waals surface area contributed by atoms with E-state index in [-0.39, 0.29) is 5.92 Å². The first-order chi connectivity index (χ1) is 10.8. The van der Waals surface area contributed by atoms with Crippen LogP contribution in [0.1, 0.15) is 17.9 Å². The Hall–Kier alpha value is -2.29. The van der Waals surface area contributed by atoms with E-state index in [1.54, 1.807) is 24.1 Å². The quantitative estimate of drug-likeness (QED) is 0.909. The lowest BCUT2D eigenvalue weighted by molar-refractivity contribution is -0.120. The second kappa shape index (κ2) is 5.41. The zero-order chi connectivity index (χ0) is 16.8. The summed E-state index contributed by atoms with van der Waals surface area (Å²) in [5.41, 5.74) is 0.845. The summed E-state index contributed by atoms with van der Waals surface area (Å²) in [6.07, 6.45) is 3.87. The highest BCUT2D eigenvalue weighted by Crippen LogP contribution is 2.47. The molecule has 0 radical (unpaired) electrons. The number of carbonyl (C=O) groups excluding carboxylic acids is 1. The van der Waals surface area contributed by atoms with Crippen LogP contribution in [0.4, 0.5) is 8.78 Å². The van der Waals surface area contributed by atoms with Gasteiger partial charge in [0.1, 0.15) is 16.5 Å². The minimum atomic E-state index is -4.37. The molecule has 0 spiro atoms. The Kier molecular flexibility index (Phi) is 3.67. The Labute approximate surface area is 131 Å². The lowest BCUT2D eigenvalue weighted by atomic mass is 10.2. The maximum absolute atomic E-state index is 13.6. The van der Waals surface area contributed by atoms with Crippen LogP contribution in [-0.4, -0.2) is 24.1 Å². The van der Waals surface area contributed by atoms with Gasteiger partial charge in [-0.3, -0.25) is 9.48 Å². The molecule has 9 heteroatoms. The zero-order valence-electron chi connectivity index (χ0n) is 12.0. The first-order valence-electron chi connectivity index (χ1n) is 6.78. The number of nitrogens with one attached hydrogen (secondary N) is 1. The van der Waals surface area contributed by atoms with Crippen LogP contribution in [0.25, 0.3) is 0 Å². The largest absolute Gasteiger partial charge is 0.276 e. The molecule has 1 N–H and O–H groups in total. The van der Waals surface area contributed by atoms with Gasteiger partial charge in [0, 0.05) is 25.2 Å². The molecule has 0 bridgehead atoms. The van der Waals surface area contributed by atoms with Crippen molar-refractivity contribution in [1.29, 1.82) is 0 Å². The third kappa shape index (κ3) is 3.09. The molecule has 23 heavy (non-hydrogen) atoms. The van der Waals surface area contributed by atoms with E-state index in [0.29, 0.717) is 12.5 Å². The maximum atomic E-state index is 13.6. The van der Waals surface area contributed by atoms with Crippen LogP contribution >= 0.6 is 0 Å². The number of rotatable bonds is 4. The third-order valence-corrected chi connectivity index (χ3v) is 5.08. The number of amides is 1. The van der Waals surface area contributed by atoms with Gasteiger partial charge in [-0.25, -0.2) is 21.9 Å². The minimum Gasteiger partial charge on any atom is -0.276 e. The number of sulfonamides is 1. The molecule has 0 saturated heterocycles. The van der Waals surface area contributed by atoms with Crippen LogP contribution in [0.15, 0.2) is 35.5 Å². The molecule has 1 aliphatic carbocycles. The summed E-state index contributed by atoms with van der Waals surface area (Å²) in [6, 6.07) is 2.05. The Bertz CT molecular complexity index is 879. The van der Waals surface area contributed by atoms with Crippen LogP contribution in [0.5, 0.6) is 0 Å². The molecule has 0 aliphatic heterocycles. The topological polar surface area (TPSA) is 81.1 Å². The molecule has 3 rings (SSSR count). The second-order valence-electron chi connectivity index (χ2n) is 5.44.